The smallest absolute Gasteiger partial charge is 0.125 e. The maximum absolute atomic E-state index is 11.3. The Bertz CT molecular complexity index is 418. The highest BCUT2D eigenvalue weighted by Crippen LogP contribution is 2.22. The van der Waals surface area contributed by atoms with Gasteiger partial charge in [-0.3, -0.25) is 4.21 Å². The Kier molecular flexibility index (Phi) is 5.40. The van der Waals surface area contributed by atoms with Crippen LogP contribution in [0, 0.1) is 13.8 Å². The van der Waals surface area contributed by atoms with Crippen molar-refractivity contribution >= 4 is 10.8 Å². The number of hydrogen-bond acceptors (Lipinski definition) is 3. The molecule has 4 heteroatoms. The quantitative estimate of drug-likeness (QED) is 0.775. The van der Waals surface area contributed by atoms with Crippen molar-refractivity contribution in [2.75, 3.05) is 37.7 Å². The minimum Gasteiger partial charge on any atom is -0.493 e. The Balaban J connectivity index is 1.71. The van der Waals surface area contributed by atoms with E-state index in [9.17, 15) is 4.21 Å². The molecule has 1 saturated heterocycles. The molecule has 106 valence electrons. The van der Waals surface area contributed by atoms with Crippen LogP contribution in [0.4, 0.5) is 0 Å². The first-order valence-corrected chi connectivity index (χ1v) is 8.42. The fourth-order valence-corrected chi connectivity index (χ4v) is 3.52. The summed E-state index contributed by atoms with van der Waals surface area (Å²) in [7, 11) is -0.577. The minimum absolute atomic E-state index is 0.577. The first-order valence-electron chi connectivity index (χ1n) is 6.93. The number of benzene rings is 1. The van der Waals surface area contributed by atoms with E-state index in [1.54, 1.807) is 0 Å². The molecule has 2 rings (SSSR count). The van der Waals surface area contributed by atoms with Gasteiger partial charge in [-0.05, 0) is 31.4 Å². The second kappa shape index (κ2) is 7.06. The lowest BCUT2D eigenvalue weighted by Crippen LogP contribution is -2.38. The predicted octanol–water partition coefficient (Wildman–Crippen LogP) is 2.14. The Morgan fingerprint density at radius 1 is 1.21 bits per heavy atom. The molecule has 0 saturated carbocycles. The molecule has 0 N–H and O–H groups in total. The highest BCUT2D eigenvalue weighted by Gasteiger charge is 2.14. The topological polar surface area (TPSA) is 29.5 Å². The molecule has 1 heterocycles. The zero-order valence-corrected chi connectivity index (χ0v) is 12.7. The molecule has 0 atom stereocenters. The van der Waals surface area contributed by atoms with Crippen LogP contribution >= 0.6 is 0 Å². The van der Waals surface area contributed by atoms with E-state index in [4.69, 9.17) is 4.74 Å². The molecule has 1 aromatic rings. The third-order valence-corrected chi connectivity index (χ3v) is 4.82. The molecule has 0 aromatic heterocycles. The summed E-state index contributed by atoms with van der Waals surface area (Å²) in [6.07, 6.45) is 1.03. The van der Waals surface area contributed by atoms with Crippen LogP contribution in [0.2, 0.25) is 0 Å². The molecule has 1 aromatic carbocycles. The molecular formula is C15H23NO2S. The highest BCUT2D eigenvalue weighted by molar-refractivity contribution is 7.85. The van der Waals surface area contributed by atoms with Gasteiger partial charge in [0.25, 0.3) is 0 Å². The lowest BCUT2D eigenvalue weighted by atomic mass is 10.1. The van der Waals surface area contributed by atoms with Crippen LogP contribution < -0.4 is 4.74 Å². The fraction of sp³-hybridized carbons (Fsp3) is 0.600. The van der Waals surface area contributed by atoms with Gasteiger partial charge in [0.15, 0.2) is 0 Å². The number of para-hydroxylation sites is 1. The molecule has 0 amide bonds. The van der Waals surface area contributed by atoms with Crippen molar-refractivity contribution in [2.24, 2.45) is 0 Å². The van der Waals surface area contributed by atoms with Gasteiger partial charge < -0.3 is 9.64 Å². The zero-order chi connectivity index (χ0) is 13.7. The molecule has 1 aliphatic heterocycles. The molecule has 1 aliphatic rings. The van der Waals surface area contributed by atoms with Gasteiger partial charge in [-0.25, -0.2) is 0 Å². The van der Waals surface area contributed by atoms with Gasteiger partial charge in [0.2, 0.25) is 0 Å². The van der Waals surface area contributed by atoms with Crippen LogP contribution in [0.5, 0.6) is 5.75 Å². The van der Waals surface area contributed by atoms with Crippen molar-refractivity contribution in [3.8, 4) is 5.75 Å². The molecule has 1 fully saturated rings. The first kappa shape index (κ1) is 14.5. The monoisotopic (exact) mass is 281 g/mol. The second-order valence-electron chi connectivity index (χ2n) is 5.11. The Labute approximate surface area is 118 Å². The summed E-state index contributed by atoms with van der Waals surface area (Å²) in [5.41, 5.74) is 2.40. The van der Waals surface area contributed by atoms with Gasteiger partial charge in [0, 0.05) is 41.9 Å². The summed E-state index contributed by atoms with van der Waals surface area (Å²) in [5.74, 6) is 2.69. The van der Waals surface area contributed by atoms with Crippen molar-refractivity contribution in [3.63, 3.8) is 0 Å². The lowest BCUT2D eigenvalue weighted by Gasteiger charge is -2.26. The standard InChI is InChI=1S/C15H23NO2S/c1-13-5-3-6-14(2)15(13)18-10-4-7-16-8-11-19(17)12-9-16/h3,5-6H,4,7-12H2,1-2H3. The van der Waals surface area contributed by atoms with E-state index in [-0.39, 0.29) is 0 Å². The summed E-state index contributed by atoms with van der Waals surface area (Å²) < 4.78 is 17.2. The Morgan fingerprint density at radius 3 is 2.47 bits per heavy atom. The van der Waals surface area contributed by atoms with Gasteiger partial charge >= 0.3 is 0 Å². The number of hydrogen-bond donors (Lipinski definition) is 0. The summed E-state index contributed by atoms with van der Waals surface area (Å²) in [6, 6.07) is 6.23. The Morgan fingerprint density at radius 2 is 1.84 bits per heavy atom. The van der Waals surface area contributed by atoms with Gasteiger partial charge in [0.1, 0.15) is 5.75 Å². The molecule has 0 radical (unpaired) electrons. The number of rotatable bonds is 5. The van der Waals surface area contributed by atoms with Crippen LogP contribution in [-0.4, -0.2) is 46.9 Å². The summed E-state index contributed by atoms with van der Waals surface area (Å²) in [4.78, 5) is 2.38. The zero-order valence-electron chi connectivity index (χ0n) is 11.9. The van der Waals surface area contributed by atoms with Crippen molar-refractivity contribution in [1.82, 2.24) is 4.90 Å². The van der Waals surface area contributed by atoms with Crippen molar-refractivity contribution in [1.29, 1.82) is 0 Å². The third-order valence-electron chi connectivity index (χ3n) is 3.54. The van der Waals surface area contributed by atoms with E-state index in [1.165, 1.54) is 11.1 Å². The maximum Gasteiger partial charge on any atom is 0.125 e. The number of aryl methyl sites for hydroxylation is 2. The molecular weight excluding hydrogens is 258 g/mol. The molecule has 0 bridgehead atoms. The van der Waals surface area contributed by atoms with Gasteiger partial charge in [0.05, 0.1) is 6.61 Å². The van der Waals surface area contributed by atoms with Gasteiger partial charge in [-0.1, -0.05) is 18.2 Å². The Hall–Kier alpha value is -0.870. The molecule has 19 heavy (non-hydrogen) atoms. The normalized spacial score (nSPS) is 17.6. The van der Waals surface area contributed by atoms with Crippen LogP contribution in [0.25, 0.3) is 0 Å². The average Bonchev–Trinajstić information content (AvgIpc) is 2.39. The van der Waals surface area contributed by atoms with Crippen LogP contribution in [0.1, 0.15) is 17.5 Å². The largest absolute Gasteiger partial charge is 0.493 e. The predicted molar refractivity (Wildman–Crippen MR) is 80.3 cm³/mol. The van der Waals surface area contributed by atoms with E-state index in [1.807, 2.05) is 0 Å². The van der Waals surface area contributed by atoms with E-state index in [0.29, 0.717) is 0 Å². The number of ether oxygens (including phenoxy) is 1. The number of nitrogens with zero attached hydrogens (tertiary/aromatic N) is 1. The van der Waals surface area contributed by atoms with Crippen molar-refractivity contribution in [2.45, 2.75) is 20.3 Å². The average molecular weight is 281 g/mol. The first-order chi connectivity index (χ1) is 9.16. The van der Waals surface area contributed by atoms with E-state index < -0.39 is 10.8 Å². The third kappa shape index (κ3) is 4.32. The SMILES string of the molecule is Cc1cccc(C)c1OCCCN1CCS(=O)CC1. The van der Waals surface area contributed by atoms with Crippen LogP contribution in [0.15, 0.2) is 18.2 Å². The maximum atomic E-state index is 11.3. The molecule has 0 aliphatic carbocycles. The van der Waals surface area contributed by atoms with Gasteiger partial charge in [-0.2, -0.15) is 0 Å². The fourth-order valence-electron chi connectivity index (χ4n) is 2.39. The molecule has 0 spiro atoms. The molecule has 0 unspecified atom stereocenters. The highest BCUT2D eigenvalue weighted by atomic mass is 32.2. The minimum atomic E-state index is -0.577. The van der Waals surface area contributed by atoms with Crippen LogP contribution in [-0.2, 0) is 10.8 Å². The second-order valence-corrected chi connectivity index (χ2v) is 6.81. The summed E-state index contributed by atoms with van der Waals surface area (Å²) in [5, 5.41) is 0. The summed E-state index contributed by atoms with van der Waals surface area (Å²) >= 11 is 0. The van der Waals surface area contributed by atoms with Crippen molar-refractivity contribution in [3.05, 3.63) is 29.3 Å². The lowest BCUT2D eigenvalue weighted by molar-refractivity contribution is 0.246. The van der Waals surface area contributed by atoms with Crippen LogP contribution in [0.3, 0.4) is 0 Å². The molecule has 3 nitrogen and oxygen atoms in total. The van der Waals surface area contributed by atoms with E-state index >= 15 is 0 Å². The van der Waals surface area contributed by atoms with E-state index in [2.05, 4.69) is 36.9 Å². The van der Waals surface area contributed by atoms with Crippen molar-refractivity contribution < 1.29 is 8.95 Å². The van der Waals surface area contributed by atoms with E-state index in [0.717, 1.165) is 49.9 Å². The summed E-state index contributed by atoms with van der Waals surface area (Å²) in [6.45, 7) is 7.91. The van der Waals surface area contributed by atoms with Gasteiger partial charge in [-0.15, -0.1) is 0 Å².